The van der Waals surface area contributed by atoms with Crippen molar-refractivity contribution in [3.8, 4) is 5.75 Å². The number of phenols is 1. The maximum atomic E-state index is 13.9. The molecule has 2 atom stereocenters. The van der Waals surface area contributed by atoms with E-state index in [2.05, 4.69) is 10.6 Å². The summed E-state index contributed by atoms with van der Waals surface area (Å²) in [6, 6.07) is 6.15. The number of amides is 4. The van der Waals surface area contributed by atoms with Gasteiger partial charge in [-0.25, -0.2) is 0 Å². The minimum atomic E-state index is -1.41. The average Bonchev–Trinajstić information content (AvgIpc) is 3.04. The van der Waals surface area contributed by atoms with Crippen LogP contribution < -0.4 is 20.4 Å². The Morgan fingerprint density at radius 3 is 2.26 bits per heavy atom. The van der Waals surface area contributed by atoms with Gasteiger partial charge in [-0.2, -0.15) is 0 Å². The summed E-state index contributed by atoms with van der Waals surface area (Å²) in [6.07, 6.45) is -0.424. The van der Waals surface area contributed by atoms with E-state index < -0.39 is 73.8 Å². The Bertz CT molecular complexity index is 1420. The van der Waals surface area contributed by atoms with Crippen molar-refractivity contribution in [1.82, 2.24) is 10.6 Å². The second-order valence-corrected chi connectivity index (χ2v) is 9.59. The number of esters is 1. The number of aldehydes is 1. The molecule has 43 heavy (non-hydrogen) atoms. The molecule has 0 fully saturated rings. The fraction of sp³-hybridized carbons (Fsp3) is 0.345. The van der Waals surface area contributed by atoms with Crippen LogP contribution in [0.15, 0.2) is 36.4 Å². The molecule has 0 bridgehead atoms. The van der Waals surface area contributed by atoms with Crippen LogP contribution in [-0.4, -0.2) is 83.8 Å². The van der Waals surface area contributed by atoms with E-state index in [1.54, 1.807) is 26.0 Å². The van der Waals surface area contributed by atoms with Gasteiger partial charge in [-0.05, 0) is 49.2 Å². The van der Waals surface area contributed by atoms with Crippen LogP contribution >= 0.6 is 0 Å². The molecule has 230 valence electrons. The number of nitrogens with one attached hydrogen (secondary N) is 2. The third kappa shape index (κ3) is 8.38. The molecule has 0 saturated carbocycles. The lowest BCUT2D eigenvalue weighted by molar-refractivity contribution is -0.145. The molecule has 0 spiro atoms. The molecule has 14 nitrogen and oxygen atoms in total. The first-order valence-corrected chi connectivity index (χ1v) is 12.7. The number of anilines is 2. The quantitative estimate of drug-likeness (QED) is 0.224. The van der Waals surface area contributed by atoms with E-state index in [1.165, 1.54) is 24.3 Å². The van der Waals surface area contributed by atoms with E-state index >= 15 is 0 Å². The second kappa shape index (κ2) is 14.6. The van der Waals surface area contributed by atoms with Crippen LogP contribution in [0, 0.1) is 13.8 Å². The Morgan fingerprint density at radius 2 is 1.70 bits per heavy atom. The summed E-state index contributed by atoms with van der Waals surface area (Å²) >= 11 is 0. The normalized spacial score (nSPS) is 14.8. The number of benzene rings is 2. The van der Waals surface area contributed by atoms with Gasteiger partial charge in [0.15, 0.2) is 6.61 Å². The highest BCUT2D eigenvalue weighted by Crippen LogP contribution is 2.33. The first-order valence-electron chi connectivity index (χ1n) is 12.7. The summed E-state index contributed by atoms with van der Waals surface area (Å²) in [5.74, 6) is -5.11. The number of carbonyl (C=O) groups excluding carboxylic acids is 6. The molecule has 2 aromatic rings. The van der Waals surface area contributed by atoms with E-state index in [0.717, 1.165) is 16.7 Å². The summed E-state index contributed by atoms with van der Waals surface area (Å²) in [6.45, 7) is 2.57. The van der Waals surface area contributed by atoms with Gasteiger partial charge in [0.1, 0.15) is 24.6 Å². The number of aryl methyl sites for hydroxylation is 2. The molecular formula is C29H34N4O10. The standard InChI is InChI=1S/C28H30N4O10.CH4/c1-15-8-18(9-16(2)26(15)39)27(40)30-20-11-31(24(36)14-42-17(3)34)21-6-4-5-7-22(21)32(28(20)41)12-23(35)29-19(13-33)10-25(37)38;/h4-9,13,19-20,39H,10-12,14H2,1-3H3,(H,29,35)(H,30,40)(H,37,38);1H4/t19-,20-;/m0./s1. The Labute approximate surface area is 247 Å². The van der Waals surface area contributed by atoms with Crippen LogP contribution in [0.1, 0.15) is 42.3 Å². The number of aromatic hydroxyl groups is 1. The van der Waals surface area contributed by atoms with E-state index in [4.69, 9.17) is 9.84 Å². The molecular weight excluding hydrogens is 564 g/mol. The number of ether oxygens (including phenoxy) is 1. The first-order chi connectivity index (χ1) is 19.8. The highest BCUT2D eigenvalue weighted by atomic mass is 16.5. The van der Waals surface area contributed by atoms with Gasteiger partial charge in [0.05, 0.1) is 30.4 Å². The molecule has 1 aliphatic heterocycles. The van der Waals surface area contributed by atoms with Crippen LogP contribution in [-0.2, 0) is 33.5 Å². The van der Waals surface area contributed by atoms with Crippen molar-refractivity contribution >= 4 is 53.2 Å². The third-order valence-corrected chi connectivity index (χ3v) is 6.36. The minimum absolute atomic E-state index is 0. The number of phenolic OH excluding ortho intramolecular Hbond substituents is 1. The van der Waals surface area contributed by atoms with Crippen molar-refractivity contribution in [3.63, 3.8) is 0 Å². The van der Waals surface area contributed by atoms with Crippen molar-refractivity contribution in [1.29, 1.82) is 0 Å². The maximum absolute atomic E-state index is 13.9. The lowest BCUT2D eigenvalue weighted by Gasteiger charge is -2.25. The van der Waals surface area contributed by atoms with Crippen molar-refractivity contribution in [2.24, 2.45) is 0 Å². The number of hydrogen-bond donors (Lipinski definition) is 4. The Balaban J connectivity index is 0.00000645. The number of fused-ring (bicyclic) bond motifs is 1. The predicted molar refractivity (Wildman–Crippen MR) is 154 cm³/mol. The zero-order valence-electron chi connectivity index (χ0n) is 23.1. The molecule has 1 aliphatic rings. The Hall–Kier alpha value is -5.27. The summed E-state index contributed by atoms with van der Waals surface area (Å²) in [7, 11) is 0. The monoisotopic (exact) mass is 598 g/mol. The summed E-state index contributed by atoms with van der Waals surface area (Å²) in [5, 5.41) is 23.9. The highest BCUT2D eigenvalue weighted by Gasteiger charge is 2.38. The zero-order valence-corrected chi connectivity index (χ0v) is 23.1. The lowest BCUT2D eigenvalue weighted by Crippen LogP contribution is -2.55. The summed E-state index contributed by atoms with van der Waals surface area (Å²) in [4.78, 5) is 89.0. The van der Waals surface area contributed by atoms with E-state index in [-0.39, 0.29) is 36.4 Å². The Kier molecular flexibility index (Phi) is 11.5. The number of carbonyl (C=O) groups is 7. The molecule has 1 heterocycles. The summed E-state index contributed by atoms with van der Waals surface area (Å²) < 4.78 is 4.86. The number of carboxylic acid groups (broad SMARTS) is 1. The van der Waals surface area contributed by atoms with Gasteiger partial charge in [-0.15, -0.1) is 0 Å². The van der Waals surface area contributed by atoms with Gasteiger partial charge in [0.2, 0.25) is 5.91 Å². The van der Waals surface area contributed by atoms with Crippen molar-refractivity contribution in [2.45, 2.75) is 46.7 Å². The van der Waals surface area contributed by atoms with Crippen molar-refractivity contribution in [2.75, 3.05) is 29.5 Å². The van der Waals surface area contributed by atoms with Gasteiger partial charge >= 0.3 is 11.9 Å². The fourth-order valence-corrected chi connectivity index (χ4v) is 4.38. The SMILES string of the molecule is C.CC(=O)OCC(=O)N1C[C@H](NC(=O)c2cc(C)c(O)c(C)c2)C(=O)N(CC(=O)N[C@H](C=O)CC(=O)O)c2ccccc21. The zero-order chi connectivity index (χ0) is 31.1. The third-order valence-electron chi connectivity index (χ3n) is 6.36. The largest absolute Gasteiger partial charge is 0.507 e. The predicted octanol–water partition coefficient (Wildman–Crippen LogP) is 0.845. The number of hydrogen-bond acceptors (Lipinski definition) is 9. The molecule has 2 aromatic carbocycles. The highest BCUT2D eigenvalue weighted by molar-refractivity contribution is 6.11. The van der Waals surface area contributed by atoms with E-state index in [1.807, 2.05) is 0 Å². The molecule has 0 aromatic heterocycles. The van der Waals surface area contributed by atoms with Crippen molar-refractivity contribution in [3.05, 3.63) is 53.1 Å². The van der Waals surface area contributed by atoms with Gasteiger partial charge in [0.25, 0.3) is 17.7 Å². The lowest BCUT2D eigenvalue weighted by atomic mass is 10.0. The van der Waals surface area contributed by atoms with Crippen LogP contribution in [0.25, 0.3) is 0 Å². The topological polar surface area (TPSA) is 200 Å². The molecule has 3 rings (SSSR count). The second-order valence-electron chi connectivity index (χ2n) is 9.59. The number of nitrogens with zero attached hydrogens (tertiary/aromatic N) is 2. The molecule has 4 amide bonds. The van der Waals surface area contributed by atoms with Crippen LogP contribution in [0.2, 0.25) is 0 Å². The van der Waals surface area contributed by atoms with Gasteiger partial charge in [0, 0.05) is 12.5 Å². The molecule has 0 aliphatic carbocycles. The molecule has 0 unspecified atom stereocenters. The smallest absolute Gasteiger partial charge is 0.305 e. The number of aliphatic carboxylic acids is 1. The van der Waals surface area contributed by atoms with Crippen LogP contribution in [0.5, 0.6) is 5.75 Å². The van der Waals surface area contributed by atoms with Crippen LogP contribution in [0.3, 0.4) is 0 Å². The average molecular weight is 599 g/mol. The van der Waals surface area contributed by atoms with Crippen molar-refractivity contribution < 1.29 is 48.5 Å². The van der Waals surface area contributed by atoms with Gasteiger partial charge in [-0.3, -0.25) is 33.7 Å². The summed E-state index contributed by atoms with van der Waals surface area (Å²) in [5.41, 5.74) is 1.23. The molecule has 0 saturated heterocycles. The molecule has 0 radical (unpaired) electrons. The fourth-order valence-electron chi connectivity index (χ4n) is 4.38. The maximum Gasteiger partial charge on any atom is 0.305 e. The Morgan fingerprint density at radius 1 is 1.09 bits per heavy atom. The van der Waals surface area contributed by atoms with Gasteiger partial charge < -0.3 is 35.3 Å². The van der Waals surface area contributed by atoms with E-state index in [9.17, 15) is 38.7 Å². The molecule has 14 heteroatoms. The minimum Gasteiger partial charge on any atom is -0.507 e. The first kappa shape index (κ1) is 33.9. The number of para-hydroxylation sites is 2. The number of carboxylic acids is 1. The molecule has 4 N–H and O–H groups in total. The van der Waals surface area contributed by atoms with Crippen LogP contribution in [0.4, 0.5) is 11.4 Å². The van der Waals surface area contributed by atoms with Gasteiger partial charge in [-0.1, -0.05) is 19.6 Å². The van der Waals surface area contributed by atoms with E-state index in [0.29, 0.717) is 11.1 Å². The number of rotatable bonds is 10.